The Kier molecular flexibility index (Phi) is 3.95. The van der Waals surface area contributed by atoms with Crippen LogP contribution in [-0.4, -0.2) is 13.3 Å². The molecule has 0 aliphatic carbocycles. The van der Waals surface area contributed by atoms with Gasteiger partial charge in [0.1, 0.15) is 12.1 Å². The van der Waals surface area contributed by atoms with E-state index in [4.69, 9.17) is 0 Å². The molecule has 0 fully saturated rings. The molecule has 0 unspecified atom stereocenters. The van der Waals surface area contributed by atoms with E-state index in [0.717, 1.165) is 5.56 Å². The highest BCUT2D eigenvalue weighted by Gasteiger charge is 2.08. The summed E-state index contributed by atoms with van der Waals surface area (Å²) in [4.78, 5) is 12.4. The zero-order valence-corrected chi connectivity index (χ0v) is 11.1. The van der Waals surface area contributed by atoms with Gasteiger partial charge in [0, 0.05) is 19.2 Å². The van der Waals surface area contributed by atoms with Gasteiger partial charge in [0.15, 0.2) is 0 Å². The summed E-state index contributed by atoms with van der Waals surface area (Å²) in [6.07, 6.45) is 0.646. The van der Waals surface area contributed by atoms with Crippen molar-refractivity contribution in [3.8, 4) is 0 Å². The molecule has 0 aliphatic heterocycles. The third kappa shape index (κ3) is 3.19. The van der Waals surface area contributed by atoms with Crippen LogP contribution in [-0.2, 0) is 6.54 Å². The average Bonchev–Trinajstić information content (AvgIpc) is 2.41. The highest BCUT2D eigenvalue weighted by atomic mass is 19.1. The van der Waals surface area contributed by atoms with Gasteiger partial charge in [-0.25, -0.2) is 4.39 Å². The number of aldehydes is 1. The number of anilines is 1. The number of rotatable bonds is 4. The number of benzene rings is 2. The van der Waals surface area contributed by atoms with Crippen molar-refractivity contribution in [2.45, 2.75) is 13.5 Å². The second kappa shape index (κ2) is 5.65. The Hall–Kier alpha value is -2.16. The Morgan fingerprint density at radius 3 is 2.42 bits per heavy atom. The van der Waals surface area contributed by atoms with E-state index in [-0.39, 0.29) is 5.82 Å². The van der Waals surface area contributed by atoms with Crippen molar-refractivity contribution >= 4 is 12.0 Å². The number of aryl methyl sites for hydroxylation is 1. The van der Waals surface area contributed by atoms with Crippen molar-refractivity contribution in [3.63, 3.8) is 0 Å². The number of hydrogen-bond acceptors (Lipinski definition) is 2. The van der Waals surface area contributed by atoms with E-state index in [2.05, 4.69) is 0 Å². The zero-order valence-electron chi connectivity index (χ0n) is 11.1. The molecule has 2 nitrogen and oxygen atoms in total. The van der Waals surface area contributed by atoms with Crippen LogP contribution in [0.4, 0.5) is 10.1 Å². The Morgan fingerprint density at radius 2 is 1.84 bits per heavy atom. The summed E-state index contributed by atoms with van der Waals surface area (Å²) < 4.78 is 13.9. The summed E-state index contributed by atoms with van der Waals surface area (Å²) in [5, 5.41) is 0. The molecule has 0 amide bonds. The molecule has 0 heterocycles. The summed E-state index contributed by atoms with van der Waals surface area (Å²) in [5.74, 6) is -0.376. The second-order valence-electron chi connectivity index (χ2n) is 4.67. The van der Waals surface area contributed by atoms with Crippen molar-refractivity contribution in [1.82, 2.24) is 0 Å². The maximum atomic E-state index is 13.9. The molecule has 0 N–H and O–H groups in total. The molecule has 2 aromatic rings. The monoisotopic (exact) mass is 257 g/mol. The lowest BCUT2D eigenvalue weighted by Gasteiger charge is -2.20. The molecule has 0 bridgehead atoms. The molecule has 2 aromatic carbocycles. The van der Waals surface area contributed by atoms with Crippen LogP contribution < -0.4 is 4.90 Å². The van der Waals surface area contributed by atoms with Gasteiger partial charge in [0.2, 0.25) is 0 Å². The van der Waals surface area contributed by atoms with E-state index < -0.39 is 0 Å². The third-order valence-corrected chi connectivity index (χ3v) is 3.06. The highest BCUT2D eigenvalue weighted by Crippen LogP contribution is 2.20. The first-order valence-corrected chi connectivity index (χ1v) is 6.11. The fourth-order valence-electron chi connectivity index (χ4n) is 1.96. The van der Waals surface area contributed by atoms with E-state index in [1.807, 2.05) is 43.1 Å². The Morgan fingerprint density at radius 1 is 1.16 bits per heavy atom. The molecular formula is C16H16FNO. The van der Waals surface area contributed by atoms with Crippen LogP contribution in [0.25, 0.3) is 0 Å². The maximum Gasteiger partial charge on any atom is 0.150 e. The minimum Gasteiger partial charge on any atom is -0.368 e. The lowest BCUT2D eigenvalue weighted by Crippen LogP contribution is -2.17. The van der Waals surface area contributed by atoms with Gasteiger partial charge in [-0.1, -0.05) is 29.8 Å². The number of carbonyl (C=O) groups is 1. The molecule has 2 rings (SSSR count). The van der Waals surface area contributed by atoms with Crippen LogP contribution in [0.5, 0.6) is 0 Å². The number of carbonyl (C=O) groups excluding carboxylic acids is 1. The first-order chi connectivity index (χ1) is 9.10. The average molecular weight is 257 g/mol. The SMILES string of the molecule is Cc1ccc(CN(C)c2ccc(C=O)cc2F)cc1. The smallest absolute Gasteiger partial charge is 0.150 e. The summed E-state index contributed by atoms with van der Waals surface area (Å²) in [6, 6.07) is 12.6. The largest absolute Gasteiger partial charge is 0.368 e. The van der Waals surface area contributed by atoms with Gasteiger partial charge in [-0.15, -0.1) is 0 Å². The summed E-state index contributed by atoms with van der Waals surface area (Å²) in [7, 11) is 1.83. The van der Waals surface area contributed by atoms with Crippen LogP contribution in [0.3, 0.4) is 0 Å². The van der Waals surface area contributed by atoms with Gasteiger partial charge in [-0.05, 0) is 30.7 Å². The standard InChI is InChI=1S/C16H16FNO/c1-12-3-5-13(6-4-12)10-18(2)16-8-7-14(11-19)9-15(16)17/h3-9,11H,10H2,1-2H3. The molecule has 3 heteroatoms. The van der Waals surface area contributed by atoms with Crippen molar-refractivity contribution in [3.05, 3.63) is 65.0 Å². The predicted octanol–water partition coefficient (Wildman–Crippen LogP) is 3.58. The summed E-state index contributed by atoms with van der Waals surface area (Å²) in [6.45, 7) is 2.66. The van der Waals surface area contributed by atoms with E-state index in [1.54, 1.807) is 12.1 Å². The number of hydrogen-bond donors (Lipinski definition) is 0. The normalized spacial score (nSPS) is 10.3. The zero-order chi connectivity index (χ0) is 13.8. The topological polar surface area (TPSA) is 20.3 Å². The minimum absolute atomic E-state index is 0.352. The Labute approximate surface area is 112 Å². The molecule has 0 saturated carbocycles. The highest BCUT2D eigenvalue weighted by molar-refractivity contribution is 5.75. The van der Waals surface area contributed by atoms with Crippen LogP contribution in [0, 0.1) is 12.7 Å². The van der Waals surface area contributed by atoms with Crippen molar-refractivity contribution < 1.29 is 9.18 Å². The molecule has 0 aliphatic rings. The first kappa shape index (κ1) is 13.3. The summed E-state index contributed by atoms with van der Waals surface area (Å²) in [5.41, 5.74) is 3.16. The molecule has 0 spiro atoms. The Balaban J connectivity index is 2.17. The van der Waals surface area contributed by atoms with Crippen molar-refractivity contribution in [2.75, 3.05) is 11.9 Å². The number of nitrogens with zero attached hydrogens (tertiary/aromatic N) is 1. The van der Waals surface area contributed by atoms with Crippen molar-refractivity contribution in [2.24, 2.45) is 0 Å². The third-order valence-electron chi connectivity index (χ3n) is 3.06. The van der Waals surface area contributed by atoms with Gasteiger partial charge in [0.05, 0.1) is 5.69 Å². The van der Waals surface area contributed by atoms with E-state index in [9.17, 15) is 9.18 Å². The van der Waals surface area contributed by atoms with E-state index in [0.29, 0.717) is 24.1 Å². The van der Waals surface area contributed by atoms with E-state index >= 15 is 0 Å². The quantitative estimate of drug-likeness (QED) is 0.780. The Bertz CT molecular complexity index is 578. The van der Waals surface area contributed by atoms with Gasteiger partial charge >= 0.3 is 0 Å². The fourth-order valence-corrected chi connectivity index (χ4v) is 1.96. The van der Waals surface area contributed by atoms with Crippen molar-refractivity contribution in [1.29, 1.82) is 0 Å². The molecular weight excluding hydrogens is 241 g/mol. The van der Waals surface area contributed by atoms with Crippen LogP contribution in [0.15, 0.2) is 42.5 Å². The van der Waals surface area contributed by atoms with Gasteiger partial charge in [0.25, 0.3) is 0 Å². The van der Waals surface area contributed by atoms with Gasteiger partial charge in [-0.3, -0.25) is 4.79 Å². The first-order valence-electron chi connectivity index (χ1n) is 6.11. The van der Waals surface area contributed by atoms with Gasteiger partial charge < -0.3 is 4.90 Å². The predicted molar refractivity (Wildman–Crippen MR) is 75.1 cm³/mol. The molecule has 0 aromatic heterocycles. The maximum absolute atomic E-state index is 13.9. The van der Waals surface area contributed by atoms with Crippen LogP contribution >= 0.6 is 0 Å². The minimum atomic E-state index is -0.376. The molecule has 0 saturated heterocycles. The molecule has 0 radical (unpaired) electrons. The fraction of sp³-hybridized carbons (Fsp3) is 0.188. The summed E-state index contributed by atoms with van der Waals surface area (Å²) >= 11 is 0. The van der Waals surface area contributed by atoms with Crippen LogP contribution in [0.1, 0.15) is 21.5 Å². The lowest BCUT2D eigenvalue weighted by molar-refractivity contribution is 0.112. The number of halogens is 1. The second-order valence-corrected chi connectivity index (χ2v) is 4.67. The van der Waals surface area contributed by atoms with E-state index in [1.165, 1.54) is 11.6 Å². The van der Waals surface area contributed by atoms with Crippen LogP contribution in [0.2, 0.25) is 0 Å². The molecule has 98 valence electrons. The molecule has 0 atom stereocenters. The molecule has 19 heavy (non-hydrogen) atoms. The lowest BCUT2D eigenvalue weighted by atomic mass is 10.1. The van der Waals surface area contributed by atoms with Gasteiger partial charge in [-0.2, -0.15) is 0 Å².